The summed E-state index contributed by atoms with van der Waals surface area (Å²) in [5.41, 5.74) is 1.27. The number of nitrogens with zero attached hydrogens (tertiary/aromatic N) is 2. The topological polar surface area (TPSA) is 68.3 Å². The normalized spacial score (nSPS) is 24.3. The van der Waals surface area contributed by atoms with Gasteiger partial charge in [-0.25, -0.2) is 4.79 Å². The summed E-state index contributed by atoms with van der Waals surface area (Å²) in [6.45, 7) is 16.2. The molecule has 1 aromatic rings. The summed E-state index contributed by atoms with van der Waals surface area (Å²) in [6, 6.07) is 5.92. The van der Waals surface area contributed by atoms with Gasteiger partial charge in [-0.15, -0.1) is 0 Å². The number of hydrogen-bond donors (Lipinski definition) is 0. The second-order valence-corrected chi connectivity index (χ2v) is 11.3. The number of ether oxygens (including phenoxy) is 1. The molecule has 0 N–H and O–H groups in total. The Morgan fingerprint density at radius 2 is 1.84 bits per heavy atom. The van der Waals surface area contributed by atoms with Gasteiger partial charge in [0.2, 0.25) is 0 Å². The van der Waals surface area contributed by atoms with Crippen LogP contribution in [0.2, 0.25) is 0 Å². The first-order valence-corrected chi connectivity index (χ1v) is 11.5. The first-order valence-electron chi connectivity index (χ1n) is 11.5. The zero-order valence-corrected chi connectivity index (χ0v) is 20.4. The lowest BCUT2D eigenvalue weighted by molar-refractivity contribution is 0.00578. The third-order valence-corrected chi connectivity index (χ3v) is 6.95. The number of amides is 2. The second-order valence-electron chi connectivity index (χ2n) is 11.3. The molecular formula is C24H35BN2O5. The van der Waals surface area contributed by atoms with Gasteiger partial charge in [0.05, 0.1) is 11.2 Å². The number of benzene rings is 1. The molecule has 0 aliphatic carbocycles. The van der Waals surface area contributed by atoms with E-state index in [0.717, 1.165) is 23.0 Å². The lowest BCUT2D eigenvalue weighted by Crippen LogP contribution is -2.41. The molecule has 4 rings (SSSR count). The van der Waals surface area contributed by atoms with E-state index in [2.05, 4.69) is 0 Å². The van der Waals surface area contributed by atoms with E-state index < -0.39 is 23.9 Å². The Morgan fingerprint density at radius 3 is 2.47 bits per heavy atom. The maximum atomic E-state index is 13.1. The fourth-order valence-electron chi connectivity index (χ4n) is 4.44. The van der Waals surface area contributed by atoms with Crippen LogP contribution in [0, 0.1) is 5.92 Å². The van der Waals surface area contributed by atoms with Gasteiger partial charge in [-0.2, -0.15) is 0 Å². The maximum absolute atomic E-state index is 13.1. The Balaban J connectivity index is 1.39. The third-order valence-electron chi connectivity index (χ3n) is 6.95. The Kier molecular flexibility index (Phi) is 5.61. The fourth-order valence-corrected chi connectivity index (χ4v) is 4.44. The van der Waals surface area contributed by atoms with Crippen molar-refractivity contribution >= 4 is 24.6 Å². The van der Waals surface area contributed by atoms with Gasteiger partial charge < -0.3 is 23.8 Å². The van der Waals surface area contributed by atoms with Gasteiger partial charge in [0.1, 0.15) is 5.60 Å². The van der Waals surface area contributed by atoms with Crippen molar-refractivity contribution in [2.24, 2.45) is 5.92 Å². The maximum Gasteiger partial charge on any atom is 0.494 e. The van der Waals surface area contributed by atoms with E-state index in [-0.39, 0.29) is 17.9 Å². The predicted molar refractivity (Wildman–Crippen MR) is 123 cm³/mol. The van der Waals surface area contributed by atoms with Gasteiger partial charge in [-0.1, -0.05) is 12.1 Å². The largest absolute Gasteiger partial charge is 0.494 e. The quantitative estimate of drug-likeness (QED) is 0.673. The smallest absolute Gasteiger partial charge is 0.444 e. The van der Waals surface area contributed by atoms with Crippen LogP contribution in [0.3, 0.4) is 0 Å². The fraction of sp³-hybridized carbons (Fsp3) is 0.667. The first kappa shape index (κ1) is 23.1. The molecule has 3 aliphatic heterocycles. The number of carbonyl (C=O) groups is 2. The molecule has 0 saturated carbocycles. The number of likely N-dealkylation sites (tertiary alicyclic amines) is 1. The van der Waals surface area contributed by atoms with Gasteiger partial charge in [-0.05, 0) is 77.9 Å². The molecule has 7 nitrogen and oxygen atoms in total. The predicted octanol–water partition coefficient (Wildman–Crippen LogP) is 3.20. The van der Waals surface area contributed by atoms with E-state index in [1.165, 1.54) is 0 Å². The molecule has 32 heavy (non-hydrogen) atoms. The molecule has 0 spiro atoms. The lowest BCUT2D eigenvalue weighted by Gasteiger charge is -2.32. The van der Waals surface area contributed by atoms with Crippen molar-refractivity contribution in [3.63, 3.8) is 0 Å². The number of rotatable bonds is 3. The van der Waals surface area contributed by atoms with Crippen LogP contribution in [0.1, 0.15) is 70.8 Å². The third kappa shape index (κ3) is 4.39. The molecule has 2 fully saturated rings. The van der Waals surface area contributed by atoms with Crippen molar-refractivity contribution in [3.8, 4) is 0 Å². The first-order chi connectivity index (χ1) is 14.8. The van der Waals surface area contributed by atoms with Crippen molar-refractivity contribution in [1.82, 2.24) is 9.80 Å². The Hall–Kier alpha value is -2.06. The highest BCUT2D eigenvalue weighted by Crippen LogP contribution is 2.37. The van der Waals surface area contributed by atoms with Gasteiger partial charge >= 0.3 is 13.2 Å². The van der Waals surface area contributed by atoms with Crippen LogP contribution in [0.25, 0.3) is 0 Å². The molecule has 2 amide bonds. The van der Waals surface area contributed by atoms with Crippen LogP contribution >= 0.6 is 0 Å². The molecule has 0 aromatic heterocycles. The molecule has 8 heteroatoms. The summed E-state index contributed by atoms with van der Waals surface area (Å²) >= 11 is 0. The molecule has 3 heterocycles. The molecular weight excluding hydrogens is 407 g/mol. The van der Waals surface area contributed by atoms with E-state index in [1.807, 2.05) is 71.6 Å². The zero-order chi connectivity index (χ0) is 23.5. The Bertz CT molecular complexity index is 907. The average molecular weight is 442 g/mol. The van der Waals surface area contributed by atoms with Gasteiger partial charge in [0.25, 0.3) is 5.91 Å². The summed E-state index contributed by atoms with van der Waals surface area (Å²) in [5, 5.41) is 0. The highest BCUT2D eigenvalue weighted by molar-refractivity contribution is 6.62. The molecule has 174 valence electrons. The van der Waals surface area contributed by atoms with Crippen molar-refractivity contribution in [2.45, 2.75) is 78.2 Å². The van der Waals surface area contributed by atoms with Crippen LogP contribution in [0.15, 0.2) is 18.2 Å². The summed E-state index contributed by atoms with van der Waals surface area (Å²) in [5.74, 6) is 0.289. The molecule has 1 aromatic carbocycles. The van der Waals surface area contributed by atoms with Crippen molar-refractivity contribution in [2.75, 3.05) is 19.6 Å². The summed E-state index contributed by atoms with van der Waals surface area (Å²) in [4.78, 5) is 29.1. The van der Waals surface area contributed by atoms with E-state index in [4.69, 9.17) is 14.0 Å². The number of hydrogen-bond acceptors (Lipinski definition) is 5. The lowest BCUT2D eigenvalue weighted by atomic mass is 9.78. The Labute approximate surface area is 191 Å². The zero-order valence-electron chi connectivity index (χ0n) is 20.4. The van der Waals surface area contributed by atoms with E-state index in [0.29, 0.717) is 26.2 Å². The summed E-state index contributed by atoms with van der Waals surface area (Å²) in [7, 11) is -0.482. The molecule has 2 saturated heterocycles. The molecule has 0 radical (unpaired) electrons. The highest BCUT2D eigenvalue weighted by Gasteiger charge is 2.52. The van der Waals surface area contributed by atoms with E-state index >= 15 is 0 Å². The molecule has 1 atom stereocenters. The number of carbonyl (C=O) groups excluding carboxylic acids is 2. The SMILES string of the molecule is CC(C)(C)OC(=O)N1CCC(CN2Cc3ccc(B4OC(C)(C)C(C)(C)O4)cc3C2=O)C1. The average Bonchev–Trinajstić information content (AvgIpc) is 3.30. The van der Waals surface area contributed by atoms with Crippen molar-refractivity contribution < 1.29 is 23.6 Å². The Morgan fingerprint density at radius 1 is 1.19 bits per heavy atom. The minimum atomic E-state index is -0.503. The molecule has 0 bridgehead atoms. The second kappa shape index (κ2) is 7.77. The van der Waals surface area contributed by atoms with Crippen LogP contribution < -0.4 is 5.46 Å². The van der Waals surface area contributed by atoms with Crippen LogP contribution in [-0.2, 0) is 20.6 Å². The monoisotopic (exact) mass is 442 g/mol. The van der Waals surface area contributed by atoms with E-state index in [9.17, 15) is 9.59 Å². The van der Waals surface area contributed by atoms with Crippen molar-refractivity contribution in [1.29, 1.82) is 0 Å². The minimum absolute atomic E-state index is 0.0362. The number of fused-ring (bicyclic) bond motifs is 1. The molecule has 1 unspecified atom stereocenters. The minimum Gasteiger partial charge on any atom is -0.444 e. The standard InChI is InChI=1S/C24H35BN2O5/c1-22(2,3)30-21(29)26-11-10-16(13-26)14-27-15-17-8-9-18(12-19(17)20(27)28)25-31-23(4,5)24(6,7)32-25/h8-9,12,16H,10-11,13-15H2,1-7H3. The van der Waals surface area contributed by atoms with Crippen LogP contribution in [0.4, 0.5) is 4.79 Å². The van der Waals surface area contributed by atoms with Crippen LogP contribution in [0.5, 0.6) is 0 Å². The summed E-state index contributed by atoms with van der Waals surface area (Å²) < 4.78 is 17.8. The van der Waals surface area contributed by atoms with Crippen molar-refractivity contribution in [3.05, 3.63) is 29.3 Å². The van der Waals surface area contributed by atoms with Gasteiger partial charge in [0.15, 0.2) is 0 Å². The molecule has 3 aliphatic rings. The van der Waals surface area contributed by atoms with Gasteiger partial charge in [-0.3, -0.25) is 4.79 Å². The van der Waals surface area contributed by atoms with Gasteiger partial charge in [0, 0.05) is 31.7 Å². The summed E-state index contributed by atoms with van der Waals surface area (Å²) in [6.07, 6.45) is 0.599. The van der Waals surface area contributed by atoms with Crippen LogP contribution in [-0.4, -0.2) is 65.4 Å². The highest BCUT2D eigenvalue weighted by atomic mass is 16.7. The van der Waals surface area contributed by atoms with E-state index in [1.54, 1.807) is 4.90 Å².